The second kappa shape index (κ2) is 7.07. The molecular formula is C14H18ClNO2. The van der Waals surface area contributed by atoms with Crippen LogP contribution in [0.25, 0.3) is 6.08 Å². The van der Waals surface area contributed by atoms with Crippen molar-refractivity contribution in [3.63, 3.8) is 0 Å². The first-order valence-electron chi connectivity index (χ1n) is 5.97. The number of unbranched alkanes of at least 4 members (excludes halogenated alkanes) is 1. The van der Waals surface area contributed by atoms with E-state index in [2.05, 4.69) is 11.8 Å². The molecule has 0 aromatic heterocycles. The predicted octanol–water partition coefficient (Wildman–Crippen LogP) is 3.67. The van der Waals surface area contributed by atoms with E-state index in [0.717, 1.165) is 36.7 Å². The number of carboxylic acid groups (broad SMARTS) is 1. The van der Waals surface area contributed by atoms with Crippen molar-refractivity contribution in [2.45, 2.75) is 19.8 Å². The second-order valence-electron chi connectivity index (χ2n) is 4.12. The number of benzene rings is 1. The molecule has 0 aliphatic rings. The van der Waals surface area contributed by atoms with E-state index < -0.39 is 5.97 Å². The second-order valence-corrected chi connectivity index (χ2v) is 4.53. The van der Waals surface area contributed by atoms with E-state index in [1.165, 1.54) is 0 Å². The van der Waals surface area contributed by atoms with Crippen LogP contribution in [0.2, 0.25) is 5.02 Å². The Bertz CT molecular complexity index is 443. The van der Waals surface area contributed by atoms with Crippen molar-refractivity contribution in [2.75, 3.05) is 18.5 Å². The maximum absolute atomic E-state index is 10.6. The molecule has 0 heterocycles. The average Bonchev–Trinajstić information content (AvgIpc) is 2.33. The topological polar surface area (TPSA) is 40.5 Å². The molecule has 98 valence electrons. The molecule has 0 atom stereocenters. The Hall–Kier alpha value is -1.48. The number of aliphatic carboxylic acids is 1. The van der Waals surface area contributed by atoms with Gasteiger partial charge in [0.05, 0.1) is 10.7 Å². The number of para-hydroxylation sites is 1. The summed E-state index contributed by atoms with van der Waals surface area (Å²) in [5.41, 5.74) is 1.70. The minimum absolute atomic E-state index is 0.640. The Balaban J connectivity index is 3.03. The highest BCUT2D eigenvalue weighted by molar-refractivity contribution is 6.33. The van der Waals surface area contributed by atoms with Crippen molar-refractivity contribution in [3.8, 4) is 0 Å². The number of carbonyl (C=O) groups is 1. The van der Waals surface area contributed by atoms with Crippen LogP contribution in [0.15, 0.2) is 24.3 Å². The van der Waals surface area contributed by atoms with Crippen molar-refractivity contribution in [2.24, 2.45) is 0 Å². The lowest BCUT2D eigenvalue weighted by Crippen LogP contribution is -2.19. The van der Waals surface area contributed by atoms with Gasteiger partial charge in [0.2, 0.25) is 0 Å². The zero-order chi connectivity index (χ0) is 13.5. The van der Waals surface area contributed by atoms with Gasteiger partial charge in [-0.2, -0.15) is 0 Å². The molecule has 1 rings (SSSR count). The van der Waals surface area contributed by atoms with Crippen LogP contribution < -0.4 is 4.90 Å². The summed E-state index contributed by atoms with van der Waals surface area (Å²) in [6.07, 6.45) is 4.88. The third-order valence-corrected chi connectivity index (χ3v) is 2.96. The summed E-state index contributed by atoms with van der Waals surface area (Å²) in [5.74, 6) is -0.961. The van der Waals surface area contributed by atoms with Gasteiger partial charge in [0.15, 0.2) is 0 Å². The molecule has 0 saturated heterocycles. The molecule has 18 heavy (non-hydrogen) atoms. The molecule has 1 aromatic rings. The first-order chi connectivity index (χ1) is 8.56. The maximum atomic E-state index is 10.6. The molecular weight excluding hydrogens is 250 g/mol. The van der Waals surface area contributed by atoms with Crippen molar-refractivity contribution in [1.82, 2.24) is 0 Å². The van der Waals surface area contributed by atoms with Crippen LogP contribution in [0.5, 0.6) is 0 Å². The summed E-state index contributed by atoms with van der Waals surface area (Å²) < 4.78 is 0. The van der Waals surface area contributed by atoms with Crippen LogP contribution in [-0.2, 0) is 4.79 Å². The van der Waals surface area contributed by atoms with Crippen LogP contribution in [0, 0.1) is 0 Å². The molecule has 3 nitrogen and oxygen atoms in total. The quantitative estimate of drug-likeness (QED) is 0.800. The standard InChI is InChI=1S/C14H18ClNO2/c1-3-4-10-16(2)14-11(8-9-13(17)18)6-5-7-12(14)15/h5-9H,3-4,10H2,1-2H3,(H,17,18)/b9-8+. The normalized spacial score (nSPS) is 10.8. The summed E-state index contributed by atoms with van der Waals surface area (Å²) in [5, 5.41) is 9.32. The van der Waals surface area contributed by atoms with E-state index in [0.29, 0.717) is 5.02 Å². The molecule has 0 bridgehead atoms. The molecule has 1 N–H and O–H groups in total. The molecule has 4 heteroatoms. The van der Waals surface area contributed by atoms with Gasteiger partial charge >= 0.3 is 5.97 Å². The van der Waals surface area contributed by atoms with Crippen LogP contribution in [0.1, 0.15) is 25.3 Å². The fourth-order valence-corrected chi connectivity index (χ4v) is 2.06. The monoisotopic (exact) mass is 267 g/mol. The number of carboxylic acids is 1. The van der Waals surface area contributed by atoms with Gasteiger partial charge in [-0.1, -0.05) is 37.1 Å². The van der Waals surface area contributed by atoms with E-state index >= 15 is 0 Å². The molecule has 0 unspecified atom stereocenters. The van der Waals surface area contributed by atoms with Crippen molar-refractivity contribution >= 4 is 29.3 Å². The van der Waals surface area contributed by atoms with Gasteiger partial charge < -0.3 is 10.0 Å². The van der Waals surface area contributed by atoms with Gasteiger partial charge in [0.1, 0.15) is 0 Å². The Kier molecular flexibility index (Phi) is 5.72. The highest BCUT2D eigenvalue weighted by Gasteiger charge is 2.09. The van der Waals surface area contributed by atoms with Gasteiger partial charge in [0, 0.05) is 19.7 Å². The zero-order valence-corrected chi connectivity index (χ0v) is 11.4. The summed E-state index contributed by atoms with van der Waals surface area (Å²) in [6, 6.07) is 5.50. The third kappa shape index (κ3) is 4.08. The fraction of sp³-hybridized carbons (Fsp3) is 0.357. The van der Waals surface area contributed by atoms with E-state index in [1.807, 2.05) is 25.2 Å². The molecule has 0 spiro atoms. The third-order valence-electron chi connectivity index (χ3n) is 2.65. The van der Waals surface area contributed by atoms with Gasteiger partial charge in [-0.05, 0) is 24.1 Å². The Labute approximate surface area is 113 Å². The van der Waals surface area contributed by atoms with E-state index in [-0.39, 0.29) is 0 Å². The Morgan fingerprint density at radius 2 is 2.22 bits per heavy atom. The van der Waals surface area contributed by atoms with Gasteiger partial charge in [0.25, 0.3) is 0 Å². The lowest BCUT2D eigenvalue weighted by Gasteiger charge is -2.22. The number of hydrogen-bond donors (Lipinski definition) is 1. The average molecular weight is 268 g/mol. The highest BCUT2D eigenvalue weighted by atomic mass is 35.5. The van der Waals surface area contributed by atoms with Gasteiger partial charge in [-0.25, -0.2) is 4.79 Å². The van der Waals surface area contributed by atoms with E-state index in [4.69, 9.17) is 16.7 Å². The number of rotatable bonds is 6. The van der Waals surface area contributed by atoms with Crippen LogP contribution in [0.4, 0.5) is 5.69 Å². The summed E-state index contributed by atoms with van der Waals surface area (Å²) in [4.78, 5) is 12.6. The molecule has 1 aromatic carbocycles. The lowest BCUT2D eigenvalue weighted by molar-refractivity contribution is -0.131. The number of nitrogens with zero attached hydrogens (tertiary/aromatic N) is 1. The van der Waals surface area contributed by atoms with Crippen molar-refractivity contribution in [1.29, 1.82) is 0 Å². The van der Waals surface area contributed by atoms with Crippen LogP contribution in [0.3, 0.4) is 0 Å². The van der Waals surface area contributed by atoms with Gasteiger partial charge in [-0.15, -0.1) is 0 Å². The minimum atomic E-state index is -0.961. The largest absolute Gasteiger partial charge is 0.478 e. The van der Waals surface area contributed by atoms with Crippen molar-refractivity contribution < 1.29 is 9.90 Å². The van der Waals surface area contributed by atoms with E-state index in [1.54, 1.807) is 6.08 Å². The molecule has 0 aliphatic heterocycles. The van der Waals surface area contributed by atoms with Gasteiger partial charge in [-0.3, -0.25) is 0 Å². The van der Waals surface area contributed by atoms with Crippen molar-refractivity contribution in [3.05, 3.63) is 34.9 Å². The Morgan fingerprint density at radius 1 is 1.50 bits per heavy atom. The smallest absolute Gasteiger partial charge is 0.328 e. The molecule has 0 radical (unpaired) electrons. The molecule has 0 saturated carbocycles. The number of halogens is 1. The number of anilines is 1. The highest BCUT2D eigenvalue weighted by Crippen LogP contribution is 2.30. The minimum Gasteiger partial charge on any atom is -0.478 e. The molecule has 0 amide bonds. The summed E-state index contributed by atoms with van der Waals surface area (Å²) in [6.45, 7) is 3.03. The summed E-state index contributed by atoms with van der Waals surface area (Å²) >= 11 is 6.20. The molecule has 0 fully saturated rings. The Morgan fingerprint density at radius 3 is 2.83 bits per heavy atom. The molecule has 0 aliphatic carbocycles. The zero-order valence-electron chi connectivity index (χ0n) is 10.7. The van der Waals surface area contributed by atoms with E-state index in [9.17, 15) is 4.79 Å². The van der Waals surface area contributed by atoms with Crippen LogP contribution >= 0.6 is 11.6 Å². The maximum Gasteiger partial charge on any atom is 0.328 e. The lowest BCUT2D eigenvalue weighted by atomic mass is 10.1. The fourth-order valence-electron chi connectivity index (χ4n) is 1.74. The first kappa shape index (κ1) is 14.6. The number of hydrogen-bond acceptors (Lipinski definition) is 2. The first-order valence-corrected chi connectivity index (χ1v) is 6.34. The summed E-state index contributed by atoms with van der Waals surface area (Å²) in [7, 11) is 1.97. The predicted molar refractivity (Wildman–Crippen MR) is 76.3 cm³/mol. The SMILES string of the molecule is CCCCN(C)c1c(Cl)cccc1/C=C/C(=O)O. The van der Waals surface area contributed by atoms with Crippen LogP contribution in [-0.4, -0.2) is 24.7 Å².